The summed E-state index contributed by atoms with van der Waals surface area (Å²) in [5, 5.41) is 8.71. The molecule has 0 radical (unpaired) electrons. The van der Waals surface area contributed by atoms with Gasteiger partial charge in [0.2, 0.25) is 5.89 Å². The van der Waals surface area contributed by atoms with Gasteiger partial charge >= 0.3 is 5.69 Å². The van der Waals surface area contributed by atoms with Gasteiger partial charge < -0.3 is 8.98 Å². The van der Waals surface area contributed by atoms with Crippen molar-refractivity contribution in [3.8, 4) is 11.5 Å². The molecule has 0 aromatic carbocycles. The summed E-state index contributed by atoms with van der Waals surface area (Å²) >= 11 is 1.11. The minimum absolute atomic E-state index is 0.201. The Morgan fingerprint density at radius 3 is 2.62 bits per heavy atom. The van der Waals surface area contributed by atoms with Crippen LogP contribution in [0.25, 0.3) is 22.6 Å². The van der Waals surface area contributed by atoms with Crippen molar-refractivity contribution in [2.24, 2.45) is 21.1 Å². The third-order valence-corrected chi connectivity index (χ3v) is 4.80. The van der Waals surface area contributed by atoms with Crippen molar-refractivity contribution >= 4 is 22.9 Å². The molecule has 0 amide bonds. The van der Waals surface area contributed by atoms with Crippen LogP contribution in [0, 0.1) is 0 Å². The van der Waals surface area contributed by atoms with Crippen LogP contribution < -0.4 is 11.2 Å². The van der Waals surface area contributed by atoms with E-state index in [1.165, 1.54) is 11.6 Å². The van der Waals surface area contributed by atoms with Crippen LogP contribution in [-0.2, 0) is 21.1 Å². The number of rotatable bonds is 3. The molecule has 0 fully saturated rings. The van der Waals surface area contributed by atoms with Crippen molar-refractivity contribution in [1.82, 2.24) is 33.9 Å². The first-order valence-electron chi connectivity index (χ1n) is 7.51. The van der Waals surface area contributed by atoms with Crippen molar-refractivity contribution in [2.75, 3.05) is 0 Å². The molecule has 0 aliphatic carbocycles. The van der Waals surface area contributed by atoms with Crippen molar-refractivity contribution in [3.63, 3.8) is 0 Å². The zero-order valence-corrected chi connectivity index (χ0v) is 14.9. The minimum atomic E-state index is -0.452. The second-order valence-electron chi connectivity index (χ2n) is 5.55. The van der Waals surface area contributed by atoms with Gasteiger partial charge in [-0.05, 0) is 12.1 Å². The third kappa shape index (κ3) is 2.44. The largest absolute Gasteiger partial charge is 0.411 e. The van der Waals surface area contributed by atoms with Crippen molar-refractivity contribution in [3.05, 3.63) is 45.4 Å². The predicted molar refractivity (Wildman–Crippen MR) is 92.8 cm³/mol. The SMILES string of the molecule is Cn1c(=O)c2nc(Sc3nnc(-c4cccnc4)o3)n(C)c2n(C)c1=O. The Bertz CT molecular complexity index is 1240. The molecule has 0 atom stereocenters. The van der Waals surface area contributed by atoms with E-state index in [4.69, 9.17) is 4.42 Å². The van der Waals surface area contributed by atoms with E-state index in [9.17, 15) is 9.59 Å². The first kappa shape index (κ1) is 16.3. The first-order valence-corrected chi connectivity index (χ1v) is 8.33. The molecule has 4 aromatic rings. The summed E-state index contributed by atoms with van der Waals surface area (Å²) in [6.45, 7) is 0. The maximum atomic E-state index is 12.3. The fourth-order valence-corrected chi connectivity index (χ4v) is 3.30. The molecule has 0 saturated carbocycles. The molecule has 0 bridgehead atoms. The molecule has 0 N–H and O–H groups in total. The molecule has 11 heteroatoms. The third-order valence-electron chi connectivity index (χ3n) is 3.92. The second-order valence-corrected chi connectivity index (χ2v) is 6.47. The lowest BCUT2D eigenvalue weighted by Gasteiger charge is -2.05. The predicted octanol–water partition coefficient (Wildman–Crippen LogP) is 0.567. The van der Waals surface area contributed by atoms with Crippen molar-refractivity contribution in [2.45, 2.75) is 10.4 Å². The molecule has 0 unspecified atom stereocenters. The van der Waals surface area contributed by atoms with Crippen molar-refractivity contribution < 1.29 is 4.42 Å². The van der Waals surface area contributed by atoms with Crippen LogP contribution >= 0.6 is 11.8 Å². The molecule has 0 aliphatic rings. The highest BCUT2D eigenvalue weighted by atomic mass is 32.2. The average Bonchev–Trinajstić information content (AvgIpc) is 3.25. The normalized spacial score (nSPS) is 11.3. The molecule has 0 saturated heterocycles. The zero-order valence-electron chi connectivity index (χ0n) is 14.1. The number of hydrogen-bond acceptors (Lipinski definition) is 8. The number of pyridine rings is 1. The van der Waals surface area contributed by atoms with Gasteiger partial charge in [0.15, 0.2) is 16.3 Å². The van der Waals surface area contributed by atoms with Crippen LogP contribution in [0.2, 0.25) is 0 Å². The van der Waals surface area contributed by atoms with Gasteiger partial charge in [-0.3, -0.25) is 18.9 Å². The molecule has 4 heterocycles. The minimum Gasteiger partial charge on any atom is -0.411 e. The maximum Gasteiger partial charge on any atom is 0.332 e. The van der Waals surface area contributed by atoms with Crippen LogP contribution in [0.5, 0.6) is 0 Å². The molecule has 10 nitrogen and oxygen atoms in total. The number of aryl methyl sites for hydroxylation is 2. The van der Waals surface area contributed by atoms with Crippen LogP contribution in [0.15, 0.2) is 48.9 Å². The van der Waals surface area contributed by atoms with Gasteiger partial charge in [-0.15, -0.1) is 10.2 Å². The van der Waals surface area contributed by atoms with Gasteiger partial charge in [0.05, 0.1) is 5.56 Å². The summed E-state index contributed by atoms with van der Waals surface area (Å²) in [7, 11) is 4.73. The highest BCUT2D eigenvalue weighted by molar-refractivity contribution is 7.99. The molecule has 0 aliphatic heterocycles. The Labute approximate surface area is 150 Å². The van der Waals surface area contributed by atoms with E-state index < -0.39 is 11.2 Å². The number of imidazole rings is 1. The molecule has 4 rings (SSSR count). The standard InChI is InChI=1S/C15H13N7O3S/c1-20-11-9(12(23)22(3)15(24)21(11)2)17-13(20)26-14-19-18-10(25-14)8-5-4-6-16-7-8/h4-7H,1-3H3. The highest BCUT2D eigenvalue weighted by Crippen LogP contribution is 2.29. The Hall–Kier alpha value is -3.21. The number of fused-ring (bicyclic) bond motifs is 1. The van der Waals surface area contributed by atoms with Crippen molar-refractivity contribution in [1.29, 1.82) is 0 Å². The fourth-order valence-electron chi connectivity index (χ4n) is 2.59. The lowest BCUT2D eigenvalue weighted by atomic mass is 10.3. The van der Waals surface area contributed by atoms with Gasteiger partial charge in [0.1, 0.15) is 0 Å². The topological polar surface area (TPSA) is 114 Å². The van der Waals surface area contributed by atoms with Gasteiger partial charge in [-0.1, -0.05) is 0 Å². The van der Waals surface area contributed by atoms with Crippen LogP contribution in [-0.4, -0.2) is 33.9 Å². The van der Waals surface area contributed by atoms with E-state index in [-0.39, 0.29) is 10.7 Å². The number of nitrogens with zero attached hydrogens (tertiary/aromatic N) is 7. The Morgan fingerprint density at radius 2 is 1.88 bits per heavy atom. The Morgan fingerprint density at radius 1 is 1.08 bits per heavy atom. The van der Waals surface area contributed by atoms with Crippen LogP contribution in [0.1, 0.15) is 0 Å². The van der Waals surface area contributed by atoms with Gasteiger partial charge in [-0.2, -0.15) is 0 Å². The quantitative estimate of drug-likeness (QED) is 0.513. The monoisotopic (exact) mass is 371 g/mol. The Balaban J connectivity index is 1.77. The molecular weight excluding hydrogens is 358 g/mol. The zero-order chi connectivity index (χ0) is 18.4. The molecule has 26 heavy (non-hydrogen) atoms. The summed E-state index contributed by atoms with van der Waals surface area (Å²) in [6, 6.07) is 3.58. The Kier molecular flexibility index (Phi) is 3.72. The lowest BCUT2D eigenvalue weighted by Crippen LogP contribution is -2.37. The van der Waals surface area contributed by atoms with E-state index in [0.29, 0.717) is 22.3 Å². The summed E-state index contributed by atoms with van der Waals surface area (Å²) < 4.78 is 9.68. The van der Waals surface area contributed by atoms with E-state index in [1.54, 1.807) is 37.1 Å². The van der Waals surface area contributed by atoms with E-state index in [1.807, 2.05) is 6.07 Å². The van der Waals surface area contributed by atoms with Gasteiger partial charge in [0.25, 0.3) is 10.8 Å². The highest BCUT2D eigenvalue weighted by Gasteiger charge is 2.19. The molecule has 0 spiro atoms. The summed E-state index contributed by atoms with van der Waals surface area (Å²) in [5.74, 6) is 0.336. The van der Waals surface area contributed by atoms with E-state index in [0.717, 1.165) is 16.3 Å². The van der Waals surface area contributed by atoms with E-state index >= 15 is 0 Å². The van der Waals surface area contributed by atoms with Gasteiger partial charge in [-0.25, -0.2) is 9.78 Å². The number of hydrogen-bond donors (Lipinski definition) is 0. The number of aromatic nitrogens is 7. The fraction of sp³-hybridized carbons (Fsp3) is 0.200. The van der Waals surface area contributed by atoms with E-state index in [2.05, 4.69) is 20.2 Å². The second kappa shape index (κ2) is 5.95. The summed E-state index contributed by atoms with van der Waals surface area (Å²) in [5.41, 5.74) is 0.457. The smallest absolute Gasteiger partial charge is 0.332 e. The van der Waals surface area contributed by atoms with Crippen LogP contribution in [0.4, 0.5) is 0 Å². The van der Waals surface area contributed by atoms with Crippen LogP contribution in [0.3, 0.4) is 0 Å². The molecular formula is C15H13N7O3S. The summed E-state index contributed by atoms with van der Waals surface area (Å²) in [6.07, 6.45) is 3.27. The first-order chi connectivity index (χ1) is 12.5. The summed E-state index contributed by atoms with van der Waals surface area (Å²) in [4.78, 5) is 32.8. The molecule has 132 valence electrons. The van der Waals surface area contributed by atoms with Gasteiger partial charge in [0, 0.05) is 45.3 Å². The maximum absolute atomic E-state index is 12.3. The molecule has 4 aromatic heterocycles. The average molecular weight is 371 g/mol. The lowest BCUT2D eigenvalue weighted by molar-refractivity contribution is 0.464.